The van der Waals surface area contributed by atoms with Crippen LogP contribution in [0.4, 0.5) is 4.39 Å². The second-order valence-electron chi connectivity index (χ2n) is 6.04. The molecule has 25 heavy (non-hydrogen) atoms. The summed E-state index contributed by atoms with van der Waals surface area (Å²) in [5.41, 5.74) is 1.39. The smallest absolute Gasteiger partial charge is 0.252 e. The fraction of sp³-hybridized carbons (Fsp3) is 0.389. The molecule has 1 amide bonds. The number of hydrogen-bond acceptors (Lipinski definition) is 3. The van der Waals surface area contributed by atoms with E-state index in [2.05, 4.69) is 20.9 Å². The van der Waals surface area contributed by atoms with Crippen LogP contribution in [0.25, 0.3) is 0 Å². The third-order valence-electron chi connectivity index (χ3n) is 4.44. The second-order valence-corrected chi connectivity index (χ2v) is 6.45. The van der Waals surface area contributed by atoms with Crippen LogP contribution >= 0.6 is 11.6 Å². The number of hydrogen-bond donors (Lipinski definition) is 1. The minimum Gasteiger partial charge on any atom is -0.379 e. The number of carbonyl (C=O) groups excluding carboxylic acids is 1. The van der Waals surface area contributed by atoms with E-state index in [1.54, 1.807) is 0 Å². The van der Waals surface area contributed by atoms with Crippen LogP contribution in [0.15, 0.2) is 36.5 Å². The fourth-order valence-electron chi connectivity index (χ4n) is 3.09. The Hall–Kier alpha value is -1.89. The van der Waals surface area contributed by atoms with Gasteiger partial charge in [-0.05, 0) is 30.3 Å². The zero-order valence-corrected chi connectivity index (χ0v) is 14.8. The Morgan fingerprint density at radius 3 is 2.76 bits per heavy atom. The molecule has 1 aromatic heterocycles. The molecule has 1 aliphatic rings. The number of nitrogens with zero attached hydrogens (tertiary/aromatic N) is 2. The average Bonchev–Trinajstić information content (AvgIpc) is 3.02. The fourth-order valence-corrected chi connectivity index (χ4v) is 3.34. The highest BCUT2D eigenvalue weighted by atomic mass is 35.5. The lowest BCUT2D eigenvalue weighted by Crippen LogP contribution is -2.44. The van der Waals surface area contributed by atoms with Crippen LogP contribution < -0.4 is 5.32 Å². The van der Waals surface area contributed by atoms with Gasteiger partial charge in [0, 0.05) is 38.6 Å². The number of carbonyl (C=O) groups is 1. The molecule has 1 fully saturated rings. The molecule has 0 saturated carbocycles. The van der Waals surface area contributed by atoms with Crippen molar-refractivity contribution in [2.24, 2.45) is 7.05 Å². The maximum Gasteiger partial charge on any atom is 0.252 e. The maximum atomic E-state index is 13.2. The molecule has 0 spiro atoms. The molecule has 5 nitrogen and oxygen atoms in total. The van der Waals surface area contributed by atoms with Gasteiger partial charge in [0.1, 0.15) is 5.82 Å². The predicted octanol–water partition coefficient (Wildman–Crippen LogP) is 2.62. The zero-order chi connectivity index (χ0) is 17.8. The number of ether oxygens (including phenoxy) is 1. The molecule has 2 heterocycles. The van der Waals surface area contributed by atoms with Gasteiger partial charge in [-0.2, -0.15) is 0 Å². The van der Waals surface area contributed by atoms with E-state index in [1.807, 2.05) is 19.3 Å². The number of aryl methyl sites for hydroxylation is 1. The van der Waals surface area contributed by atoms with Gasteiger partial charge in [-0.3, -0.25) is 9.69 Å². The topological polar surface area (TPSA) is 46.5 Å². The summed E-state index contributed by atoms with van der Waals surface area (Å²) in [6.45, 7) is 3.41. The van der Waals surface area contributed by atoms with Crippen LogP contribution in [0.1, 0.15) is 22.1 Å². The molecule has 0 aliphatic carbocycles. The van der Waals surface area contributed by atoms with Crippen molar-refractivity contribution in [3.05, 3.63) is 58.6 Å². The molecule has 1 N–H and O–H groups in total. The van der Waals surface area contributed by atoms with Gasteiger partial charge in [-0.15, -0.1) is 0 Å². The van der Waals surface area contributed by atoms with E-state index in [1.165, 1.54) is 12.1 Å². The van der Waals surface area contributed by atoms with Crippen molar-refractivity contribution in [1.82, 2.24) is 14.8 Å². The van der Waals surface area contributed by atoms with E-state index < -0.39 is 5.82 Å². The molecule has 3 rings (SSSR count). The Balaban J connectivity index is 1.74. The van der Waals surface area contributed by atoms with Gasteiger partial charge in [-0.1, -0.05) is 11.6 Å². The first-order valence-electron chi connectivity index (χ1n) is 8.22. The van der Waals surface area contributed by atoms with Crippen molar-refractivity contribution in [3.63, 3.8) is 0 Å². The average molecular weight is 366 g/mol. The Morgan fingerprint density at radius 1 is 1.36 bits per heavy atom. The number of benzene rings is 1. The highest BCUT2D eigenvalue weighted by molar-refractivity contribution is 6.33. The van der Waals surface area contributed by atoms with E-state index in [0.29, 0.717) is 19.8 Å². The van der Waals surface area contributed by atoms with Crippen molar-refractivity contribution in [2.75, 3.05) is 32.8 Å². The van der Waals surface area contributed by atoms with E-state index in [9.17, 15) is 9.18 Å². The van der Waals surface area contributed by atoms with Crippen molar-refractivity contribution >= 4 is 17.5 Å². The summed E-state index contributed by atoms with van der Waals surface area (Å²) in [7, 11) is 1.99. The van der Waals surface area contributed by atoms with Crippen LogP contribution in [0.3, 0.4) is 0 Å². The van der Waals surface area contributed by atoms with Gasteiger partial charge in [-0.25, -0.2) is 4.39 Å². The summed E-state index contributed by atoms with van der Waals surface area (Å²) in [5, 5.41) is 3.04. The molecule has 1 atom stereocenters. The summed E-state index contributed by atoms with van der Waals surface area (Å²) in [6, 6.07) is 7.86. The first-order valence-corrected chi connectivity index (χ1v) is 8.60. The van der Waals surface area contributed by atoms with Gasteiger partial charge in [0.2, 0.25) is 0 Å². The number of amides is 1. The number of halogens is 2. The van der Waals surface area contributed by atoms with Crippen molar-refractivity contribution < 1.29 is 13.9 Å². The highest BCUT2D eigenvalue weighted by Crippen LogP contribution is 2.22. The largest absolute Gasteiger partial charge is 0.379 e. The van der Waals surface area contributed by atoms with Gasteiger partial charge < -0.3 is 14.6 Å². The van der Waals surface area contributed by atoms with Gasteiger partial charge in [0.25, 0.3) is 5.91 Å². The van der Waals surface area contributed by atoms with Gasteiger partial charge >= 0.3 is 0 Å². The molecule has 0 unspecified atom stereocenters. The lowest BCUT2D eigenvalue weighted by atomic mass is 10.1. The van der Waals surface area contributed by atoms with Crippen molar-refractivity contribution in [3.8, 4) is 0 Å². The Morgan fingerprint density at radius 2 is 2.12 bits per heavy atom. The van der Waals surface area contributed by atoms with Gasteiger partial charge in [0.15, 0.2) is 0 Å². The maximum absolute atomic E-state index is 13.2. The van der Waals surface area contributed by atoms with Crippen LogP contribution in [-0.2, 0) is 11.8 Å². The zero-order valence-electron chi connectivity index (χ0n) is 14.0. The first-order chi connectivity index (χ1) is 12.1. The lowest BCUT2D eigenvalue weighted by molar-refractivity contribution is 0.0148. The molecule has 134 valence electrons. The number of nitrogens with one attached hydrogen (secondary N) is 1. The molecular weight excluding hydrogens is 345 g/mol. The normalized spacial score (nSPS) is 16.6. The van der Waals surface area contributed by atoms with E-state index in [0.717, 1.165) is 24.8 Å². The minimum atomic E-state index is -0.462. The van der Waals surface area contributed by atoms with Crippen LogP contribution in [0.2, 0.25) is 5.02 Å². The van der Waals surface area contributed by atoms with Crippen molar-refractivity contribution in [2.45, 2.75) is 6.04 Å². The molecule has 2 aromatic rings. The number of aromatic nitrogens is 1. The lowest BCUT2D eigenvalue weighted by Gasteiger charge is -2.35. The highest BCUT2D eigenvalue weighted by Gasteiger charge is 2.25. The third kappa shape index (κ3) is 4.21. The summed E-state index contributed by atoms with van der Waals surface area (Å²) >= 11 is 5.98. The Kier molecular flexibility index (Phi) is 5.73. The summed E-state index contributed by atoms with van der Waals surface area (Å²) in [5.74, 6) is -0.769. The first kappa shape index (κ1) is 17.9. The standard InChI is InChI=1S/C18H21ClFN3O2/c1-22-6-2-3-16(22)17(23-7-9-25-10-8-23)12-21-18(24)14-5-4-13(20)11-15(14)19/h2-6,11,17H,7-10,12H2,1H3,(H,21,24)/t17-/m1/s1. The molecule has 0 bridgehead atoms. The summed E-state index contributed by atoms with van der Waals surface area (Å²) in [6.07, 6.45) is 1.99. The molecular formula is C18H21ClFN3O2. The second kappa shape index (κ2) is 7.99. The minimum absolute atomic E-state index is 0.0343. The summed E-state index contributed by atoms with van der Waals surface area (Å²) < 4.78 is 20.6. The predicted molar refractivity (Wildman–Crippen MR) is 94.3 cm³/mol. The van der Waals surface area contributed by atoms with Crippen LogP contribution in [0, 0.1) is 5.82 Å². The van der Waals surface area contributed by atoms with E-state index in [4.69, 9.17) is 16.3 Å². The summed E-state index contributed by atoms with van der Waals surface area (Å²) in [4.78, 5) is 14.7. The molecule has 1 saturated heterocycles. The van der Waals surface area contributed by atoms with Gasteiger partial charge in [0.05, 0.1) is 29.8 Å². The van der Waals surface area contributed by atoms with E-state index >= 15 is 0 Å². The molecule has 0 radical (unpaired) electrons. The molecule has 1 aromatic carbocycles. The van der Waals surface area contributed by atoms with E-state index in [-0.39, 0.29) is 22.5 Å². The molecule has 1 aliphatic heterocycles. The van der Waals surface area contributed by atoms with Crippen molar-refractivity contribution in [1.29, 1.82) is 0 Å². The number of morpholine rings is 1. The third-order valence-corrected chi connectivity index (χ3v) is 4.76. The van der Waals surface area contributed by atoms with Crippen LogP contribution in [0.5, 0.6) is 0 Å². The number of rotatable bonds is 5. The SMILES string of the molecule is Cn1cccc1[C@@H](CNC(=O)c1ccc(F)cc1Cl)N1CCOCC1. The molecule has 7 heteroatoms. The quantitative estimate of drug-likeness (QED) is 0.886. The van der Waals surface area contributed by atoms with Crippen LogP contribution in [-0.4, -0.2) is 48.2 Å². The monoisotopic (exact) mass is 365 g/mol. The Labute approximate surface area is 151 Å². The Bertz CT molecular complexity index is 744.